The number of hydrogen-bond donors (Lipinski definition) is 2. The lowest BCUT2D eigenvalue weighted by atomic mass is 9.79. The first-order chi connectivity index (χ1) is 8.33. The van der Waals surface area contributed by atoms with Crippen molar-refractivity contribution < 1.29 is 32.7 Å². The van der Waals surface area contributed by atoms with Gasteiger partial charge in [-0.3, -0.25) is 0 Å². The quantitative estimate of drug-likeness (QED) is 0.758. The van der Waals surface area contributed by atoms with Crippen LogP contribution in [0.4, 0.5) is 13.2 Å². The number of hydrogen-bond acceptors (Lipinski definition) is 4. The normalized spacial score (nSPS) is 11.4. The minimum absolute atomic E-state index is 0.154. The Hall–Kier alpha value is -1.25. The highest BCUT2D eigenvalue weighted by atomic mass is 19.4. The van der Waals surface area contributed by atoms with E-state index in [1.165, 1.54) is 25.3 Å². The maximum atomic E-state index is 11.9. The van der Waals surface area contributed by atoms with E-state index in [0.29, 0.717) is 11.3 Å². The molecule has 0 aliphatic rings. The van der Waals surface area contributed by atoms with Crippen molar-refractivity contribution >= 4 is 12.6 Å². The van der Waals surface area contributed by atoms with Crippen molar-refractivity contribution in [1.29, 1.82) is 0 Å². The largest absolute Gasteiger partial charge is 0.496 e. The standard InChI is InChI=1S/C10H12BF3O4/c1-17-9-3-2-8(11(15)16)4-7(9)5-18-6-10(12,13)14/h2-4,15-16H,5-6H2,1H3. The number of halogens is 3. The van der Waals surface area contributed by atoms with Crippen molar-refractivity contribution in [3.63, 3.8) is 0 Å². The molecule has 1 aromatic carbocycles. The minimum atomic E-state index is -4.40. The average molecular weight is 264 g/mol. The fourth-order valence-corrected chi connectivity index (χ4v) is 1.35. The van der Waals surface area contributed by atoms with E-state index in [9.17, 15) is 13.2 Å². The Morgan fingerprint density at radius 1 is 1.28 bits per heavy atom. The fraction of sp³-hybridized carbons (Fsp3) is 0.400. The Labute approximate surface area is 102 Å². The first-order valence-electron chi connectivity index (χ1n) is 5.01. The van der Waals surface area contributed by atoms with Gasteiger partial charge in [0.25, 0.3) is 0 Å². The van der Waals surface area contributed by atoms with Crippen LogP contribution in [0.3, 0.4) is 0 Å². The number of rotatable bonds is 5. The van der Waals surface area contributed by atoms with Gasteiger partial charge in [-0.1, -0.05) is 12.1 Å². The van der Waals surface area contributed by atoms with Gasteiger partial charge in [0, 0.05) is 5.56 Å². The van der Waals surface area contributed by atoms with Crippen LogP contribution < -0.4 is 10.2 Å². The Morgan fingerprint density at radius 3 is 2.44 bits per heavy atom. The summed E-state index contributed by atoms with van der Waals surface area (Å²) in [6, 6.07) is 4.15. The molecule has 0 aliphatic heterocycles. The van der Waals surface area contributed by atoms with Crippen LogP contribution in [0, 0.1) is 0 Å². The molecule has 1 aromatic rings. The van der Waals surface area contributed by atoms with Crippen molar-refractivity contribution in [1.82, 2.24) is 0 Å². The monoisotopic (exact) mass is 264 g/mol. The molecule has 0 saturated heterocycles. The predicted octanol–water partition coefficient (Wildman–Crippen LogP) is 0.454. The second kappa shape index (κ2) is 6.08. The first kappa shape index (κ1) is 14.8. The highest BCUT2D eigenvalue weighted by Gasteiger charge is 2.27. The third-order valence-electron chi connectivity index (χ3n) is 2.13. The molecule has 0 spiro atoms. The van der Waals surface area contributed by atoms with E-state index in [-0.39, 0.29) is 12.1 Å². The Morgan fingerprint density at radius 2 is 1.94 bits per heavy atom. The van der Waals surface area contributed by atoms with Gasteiger partial charge < -0.3 is 19.5 Å². The van der Waals surface area contributed by atoms with Gasteiger partial charge in [-0.25, -0.2) is 0 Å². The molecule has 0 radical (unpaired) electrons. The summed E-state index contributed by atoms with van der Waals surface area (Å²) in [6.07, 6.45) is -4.40. The molecule has 1 rings (SSSR count). The van der Waals surface area contributed by atoms with Crippen molar-refractivity contribution in [2.45, 2.75) is 12.8 Å². The fourth-order valence-electron chi connectivity index (χ4n) is 1.35. The molecule has 4 nitrogen and oxygen atoms in total. The van der Waals surface area contributed by atoms with E-state index < -0.39 is 19.9 Å². The van der Waals surface area contributed by atoms with Crippen LogP contribution in [0.2, 0.25) is 0 Å². The van der Waals surface area contributed by atoms with Gasteiger partial charge in [0.15, 0.2) is 0 Å². The Bertz CT molecular complexity index is 395. The smallest absolute Gasteiger partial charge is 0.488 e. The molecular formula is C10H12BF3O4. The van der Waals surface area contributed by atoms with Crippen LogP contribution in [-0.2, 0) is 11.3 Å². The molecule has 2 N–H and O–H groups in total. The van der Waals surface area contributed by atoms with E-state index in [1.807, 2.05) is 0 Å². The lowest BCUT2D eigenvalue weighted by Crippen LogP contribution is -2.30. The lowest BCUT2D eigenvalue weighted by molar-refractivity contribution is -0.176. The topological polar surface area (TPSA) is 58.9 Å². The summed E-state index contributed by atoms with van der Waals surface area (Å²) in [5.74, 6) is 0.321. The molecule has 0 aliphatic carbocycles. The van der Waals surface area contributed by atoms with E-state index in [4.69, 9.17) is 14.8 Å². The van der Waals surface area contributed by atoms with Crippen molar-refractivity contribution in [2.75, 3.05) is 13.7 Å². The molecule has 100 valence electrons. The zero-order valence-electron chi connectivity index (χ0n) is 9.57. The summed E-state index contributed by atoms with van der Waals surface area (Å²) in [6.45, 7) is -1.70. The van der Waals surface area contributed by atoms with Gasteiger partial charge >= 0.3 is 13.3 Å². The van der Waals surface area contributed by atoms with Crippen LogP contribution in [0.15, 0.2) is 18.2 Å². The minimum Gasteiger partial charge on any atom is -0.496 e. The summed E-state index contributed by atoms with van der Waals surface area (Å²) in [5, 5.41) is 17.9. The van der Waals surface area contributed by atoms with Crippen LogP contribution >= 0.6 is 0 Å². The Balaban J connectivity index is 2.75. The van der Waals surface area contributed by atoms with Gasteiger partial charge in [-0.05, 0) is 11.5 Å². The van der Waals surface area contributed by atoms with Crippen LogP contribution in [0.5, 0.6) is 5.75 Å². The highest BCUT2D eigenvalue weighted by molar-refractivity contribution is 6.58. The molecule has 0 aromatic heterocycles. The molecule has 8 heteroatoms. The third-order valence-corrected chi connectivity index (χ3v) is 2.13. The SMILES string of the molecule is COc1ccc(B(O)O)cc1COCC(F)(F)F. The number of benzene rings is 1. The molecule has 0 heterocycles. The third kappa shape index (κ3) is 4.56. The van der Waals surface area contributed by atoms with Crippen molar-refractivity contribution in [3.05, 3.63) is 23.8 Å². The zero-order valence-corrected chi connectivity index (χ0v) is 9.57. The second-order valence-electron chi connectivity index (χ2n) is 3.55. The predicted molar refractivity (Wildman–Crippen MR) is 58.5 cm³/mol. The number of alkyl halides is 3. The first-order valence-corrected chi connectivity index (χ1v) is 5.01. The molecule has 0 bridgehead atoms. The summed E-state index contributed by atoms with van der Waals surface area (Å²) in [4.78, 5) is 0. The van der Waals surface area contributed by atoms with E-state index in [2.05, 4.69) is 4.74 Å². The van der Waals surface area contributed by atoms with E-state index >= 15 is 0 Å². The molecule has 18 heavy (non-hydrogen) atoms. The van der Waals surface area contributed by atoms with Gasteiger partial charge in [-0.2, -0.15) is 13.2 Å². The number of ether oxygens (including phenoxy) is 2. The van der Waals surface area contributed by atoms with Crippen molar-refractivity contribution in [2.24, 2.45) is 0 Å². The van der Waals surface area contributed by atoms with Crippen LogP contribution in [-0.4, -0.2) is 37.1 Å². The molecule has 0 fully saturated rings. The van der Waals surface area contributed by atoms with Gasteiger partial charge in [0.05, 0.1) is 13.7 Å². The molecule has 0 amide bonds. The second-order valence-corrected chi connectivity index (χ2v) is 3.55. The number of methoxy groups -OCH3 is 1. The van der Waals surface area contributed by atoms with Gasteiger partial charge in [-0.15, -0.1) is 0 Å². The van der Waals surface area contributed by atoms with Crippen LogP contribution in [0.1, 0.15) is 5.56 Å². The maximum absolute atomic E-state index is 11.9. The zero-order chi connectivity index (χ0) is 13.8. The van der Waals surface area contributed by atoms with E-state index in [1.54, 1.807) is 0 Å². The van der Waals surface area contributed by atoms with Gasteiger partial charge in [0.2, 0.25) is 0 Å². The maximum Gasteiger partial charge on any atom is 0.488 e. The highest BCUT2D eigenvalue weighted by Crippen LogP contribution is 2.20. The summed E-state index contributed by atoms with van der Waals surface area (Å²) in [7, 11) is -0.338. The summed E-state index contributed by atoms with van der Waals surface area (Å²) in [5.41, 5.74) is 0.466. The van der Waals surface area contributed by atoms with E-state index in [0.717, 1.165) is 0 Å². The van der Waals surface area contributed by atoms with Gasteiger partial charge in [0.1, 0.15) is 12.4 Å². The average Bonchev–Trinajstić information content (AvgIpc) is 2.27. The summed E-state index contributed by atoms with van der Waals surface area (Å²) < 4.78 is 45.2. The Kier molecular flexibility index (Phi) is 5.00. The van der Waals surface area contributed by atoms with Crippen LogP contribution in [0.25, 0.3) is 0 Å². The molecular weight excluding hydrogens is 252 g/mol. The summed E-state index contributed by atoms with van der Waals surface area (Å²) >= 11 is 0. The van der Waals surface area contributed by atoms with Crippen molar-refractivity contribution in [3.8, 4) is 5.75 Å². The molecule has 0 saturated carbocycles. The molecule has 0 unspecified atom stereocenters. The lowest BCUT2D eigenvalue weighted by Gasteiger charge is -2.12. The molecule has 0 atom stereocenters.